The maximum absolute atomic E-state index is 13.2. The highest BCUT2D eigenvalue weighted by atomic mass is 19.1. The van der Waals surface area contributed by atoms with Gasteiger partial charge in [0.15, 0.2) is 11.5 Å². The Hall–Kier alpha value is -2.23. The Morgan fingerprint density at radius 3 is 2.60 bits per heavy atom. The molecule has 20 heavy (non-hydrogen) atoms. The Labute approximate surface area is 118 Å². The minimum Gasteiger partial charge on any atom is -0.493 e. The molecule has 2 rings (SSSR count). The topological polar surface area (TPSA) is 44.5 Å². The molecule has 2 aromatic rings. The summed E-state index contributed by atoms with van der Waals surface area (Å²) < 4.78 is 24.2. The lowest BCUT2D eigenvalue weighted by Gasteiger charge is -2.13. The molecule has 0 amide bonds. The van der Waals surface area contributed by atoms with E-state index in [-0.39, 0.29) is 12.4 Å². The number of halogens is 1. The predicted molar refractivity (Wildman–Crippen MR) is 77.5 cm³/mol. The van der Waals surface area contributed by atoms with Gasteiger partial charge in [-0.2, -0.15) is 0 Å². The molecular weight excluding hydrogens is 257 g/mol. The molecule has 0 aromatic heterocycles. The molecular formula is C16H18FNO2. The van der Waals surface area contributed by atoms with Gasteiger partial charge in [0, 0.05) is 11.3 Å². The first kappa shape index (κ1) is 14.2. The minimum absolute atomic E-state index is 0.200. The van der Waals surface area contributed by atoms with Gasteiger partial charge in [-0.3, -0.25) is 0 Å². The van der Waals surface area contributed by atoms with Crippen molar-refractivity contribution in [2.75, 3.05) is 12.8 Å². The third-order valence-electron chi connectivity index (χ3n) is 3.12. The Kier molecular flexibility index (Phi) is 4.45. The molecule has 0 unspecified atom stereocenters. The van der Waals surface area contributed by atoms with Crippen LogP contribution in [0.2, 0.25) is 0 Å². The van der Waals surface area contributed by atoms with Gasteiger partial charge < -0.3 is 15.2 Å². The number of anilines is 1. The summed E-state index contributed by atoms with van der Waals surface area (Å²) in [6, 6.07) is 10.0. The average molecular weight is 275 g/mol. The molecule has 2 N–H and O–H groups in total. The highest BCUT2D eigenvalue weighted by Crippen LogP contribution is 2.29. The zero-order chi connectivity index (χ0) is 14.5. The normalized spacial score (nSPS) is 10.3. The number of hydrogen-bond acceptors (Lipinski definition) is 3. The number of methoxy groups -OCH3 is 1. The molecule has 106 valence electrons. The van der Waals surface area contributed by atoms with Crippen molar-refractivity contribution < 1.29 is 13.9 Å². The van der Waals surface area contributed by atoms with E-state index in [1.54, 1.807) is 7.11 Å². The maximum Gasteiger partial charge on any atom is 0.161 e. The molecule has 0 aliphatic heterocycles. The Bertz CT molecular complexity index is 599. The molecule has 0 radical (unpaired) electrons. The van der Waals surface area contributed by atoms with Crippen molar-refractivity contribution in [2.24, 2.45) is 0 Å². The largest absolute Gasteiger partial charge is 0.493 e. The van der Waals surface area contributed by atoms with Crippen LogP contribution in [-0.2, 0) is 13.0 Å². The first-order chi connectivity index (χ1) is 9.63. The van der Waals surface area contributed by atoms with Gasteiger partial charge in [0.05, 0.1) is 7.11 Å². The third-order valence-corrected chi connectivity index (χ3v) is 3.12. The van der Waals surface area contributed by atoms with Crippen molar-refractivity contribution in [3.63, 3.8) is 0 Å². The van der Waals surface area contributed by atoms with Crippen LogP contribution in [0.1, 0.15) is 18.1 Å². The number of ether oxygens (including phenoxy) is 2. The monoisotopic (exact) mass is 275 g/mol. The van der Waals surface area contributed by atoms with Crippen LogP contribution in [0, 0.1) is 5.82 Å². The minimum atomic E-state index is -0.328. The number of benzene rings is 2. The molecule has 0 saturated heterocycles. The molecule has 0 bridgehead atoms. The van der Waals surface area contributed by atoms with Gasteiger partial charge in [0.25, 0.3) is 0 Å². The number of nitrogens with two attached hydrogens (primary N) is 1. The van der Waals surface area contributed by atoms with Crippen molar-refractivity contribution in [2.45, 2.75) is 20.0 Å². The van der Waals surface area contributed by atoms with E-state index in [2.05, 4.69) is 6.92 Å². The smallest absolute Gasteiger partial charge is 0.161 e. The number of nitrogen functional groups attached to an aromatic ring is 1. The van der Waals surface area contributed by atoms with Gasteiger partial charge in [-0.05, 0) is 42.3 Å². The first-order valence-corrected chi connectivity index (χ1v) is 6.47. The Morgan fingerprint density at radius 2 is 1.90 bits per heavy atom. The summed E-state index contributed by atoms with van der Waals surface area (Å²) in [4.78, 5) is 0. The van der Waals surface area contributed by atoms with Crippen molar-refractivity contribution in [3.8, 4) is 11.5 Å². The fourth-order valence-corrected chi connectivity index (χ4v) is 1.91. The van der Waals surface area contributed by atoms with Crippen molar-refractivity contribution in [3.05, 3.63) is 53.3 Å². The highest BCUT2D eigenvalue weighted by molar-refractivity contribution is 5.47. The van der Waals surface area contributed by atoms with E-state index in [0.717, 1.165) is 6.42 Å². The van der Waals surface area contributed by atoms with Gasteiger partial charge >= 0.3 is 0 Å². The summed E-state index contributed by atoms with van der Waals surface area (Å²) in [5.74, 6) is 0.957. The highest BCUT2D eigenvalue weighted by Gasteiger charge is 2.07. The maximum atomic E-state index is 13.2. The fourth-order valence-electron chi connectivity index (χ4n) is 1.91. The number of aryl methyl sites for hydroxylation is 1. The van der Waals surface area contributed by atoms with Crippen LogP contribution in [0.3, 0.4) is 0 Å². The van der Waals surface area contributed by atoms with E-state index < -0.39 is 0 Å². The van der Waals surface area contributed by atoms with Crippen LogP contribution in [-0.4, -0.2) is 7.11 Å². The van der Waals surface area contributed by atoms with Crippen LogP contribution >= 0.6 is 0 Å². The van der Waals surface area contributed by atoms with Crippen LogP contribution < -0.4 is 15.2 Å². The molecule has 0 aliphatic rings. The molecule has 0 saturated carbocycles. The van der Waals surface area contributed by atoms with Crippen molar-refractivity contribution in [1.29, 1.82) is 0 Å². The van der Waals surface area contributed by atoms with Crippen LogP contribution in [0.25, 0.3) is 0 Å². The van der Waals surface area contributed by atoms with E-state index >= 15 is 0 Å². The van der Waals surface area contributed by atoms with Crippen LogP contribution in [0.15, 0.2) is 36.4 Å². The van der Waals surface area contributed by atoms with E-state index in [0.29, 0.717) is 22.7 Å². The lowest BCUT2D eigenvalue weighted by atomic mass is 10.1. The molecule has 0 spiro atoms. The Morgan fingerprint density at radius 1 is 1.10 bits per heavy atom. The standard InChI is InChI=1S/C16H18FNO2/c1-3-11-4-7-15(16(8-11)19-2)20-10-12-9-13(17)5-6-14(12)18/h4-9H,3,10,18H2,1-2H3. The van der Waals surface area contributed by atoms with Crippen LogP contribution in [0.4, 0.5) is 10.1 Å². The van der Waals surface area contributed by atoms with E-state index in [9.17, 15) is 4.39 Å². The van der Waals surface area contributed by atoms with Gasteiger partial charge in [-0.25, -0.2) is 4.39 Å². The number of hydrogen-bond donors (Lipinski definition) is 1. The van der Waals surface area contributed by atoms with Gasteiger partial charge in [0.2, 0.25) is 0 Å². The summed E-state index contributed by atoms with van der Waals surface area (Å²) in [5, 5.41) is 0. The summed E-state index contributed by atoms with van der Waals surface area (Å²) in [6.07, 6.45) is 0.924. The fraction of sp³-hybridized carbons (Fsp3) is 0.250. The first-order valence-electron chi connectivity index (χ1n) is 6.47. The van der Waals surface area contributed by atoms with Gasteiger partial charge in [0.1, 0.15) is 12.4 Å². The zero-order valence-electron chi connectivity index (χ0n) is 11.7. The molecule has 0 aliphatic carbocycles. The van der Waals surface area contributed by atoms with Gasteiger partial charge in [-0.1, -0.05) is 13.0 Å². The predicted octanol–water partition coefficient (Wildman–Crippen LogP) is 3.56. The molecule has 3 nitrogen and oxygen atoms in total. The molecule has 4 heteroatoms. The quantitative estimate of drug-likeness (QED) is 0.849. The van der Waals surface area contributed by atoms with Crippen molar-refractivity contribution in [1.82, 2.24) is 0 Å². The average Bonchev–Trinajstić information content (AvgIpc) is 2.48. The van der Waals surface area contributed by atoms with E-state index in [4.69, 9.17) is 15.2 Å². The molecule has 0 atom stereocenters. The Balaban J connectivity index is 2.16. The second-order valence-corrected chi connectivity index (χ2v) is 4.47. The van der Waals surface area contributed by atoms with Crippen molar-refractivity contribution >= 4 is 5.69 Å². The van der Waals surface area contributed by atoms with E-state index in [1.165, 1.54) is 23.8 Å². The lowest BCUT2D eigenvalue weighted by Crippen LogP contribution is -2.02. The lowest BCUT2D eigenvalue weighted by molar-refractivity contribution is 0.284. The zero-order valence-corrected chi connectivity index (χ0v) is 11.7. The SMILES string of the molecule is CCc1ccc(OCc2cc(F)ccc2N)c(OC)c1. The summed E-state index contributed by atoms with van der Waals surface area (Å²) in [6.45, 7) is 2.27. The third kappa shape index (κ3) is 3.20. The van der Waals surface area contributed by atoms with E-state index in [1.807, 2.05) is 18.2 Å². The summed E-state index contributed by atoms with van der Waals surface area (Å²) in [7, 11) is 1.60. The summed E-state index contributed by atoms with van der Waals surface area (Å²) >= 11 is 0. The molecule has 0 heterocycles. The van der Waals surface area contributed by atoms with Crippen LogP contribution in [0.5, 0.6) is 11.5 Å². The molecule has 2 aromatic carbocycles. The van der Waals surface area contributed by atoms with Gasteiger partial charge in [-0.15, -0.1) is 0 Å². The number of rotatable bonds is 5. The molecule has 0 fully saturated rings. The summed E-state index contributed by atoms with van der Waals surface area (Å²) in [5.41, 5.74) is 8.09. The second kappa shape index (κ2) is 6.28. The second-order valence-electron chi connectivity index (χ2n) is 4.47.